The Morgan fingerprint density at radius 1 is 1.29 bits per heavy atom. The minimum absolute atomic E-state index is 0. The molecule has 2 aliphatic rings. The smallest absolute Gasteiger partial charge is 1.00 e. The number of halogens is 2. The van der Waals surface area contributed by atoms with Crippen LogP contribution in [0.25, 0.3) is 0 Å². The van der Waals surface area contributed by atoms with Crippen molar-refractivity contribution >= 4 is 0 Å². The van der Waals surface area contributed by atoms with Crippen LogP contribution in [0.1, 0.15) is 39.0 Å². The molecule has 0 unspecified atom stereocenters. The number of hydrogen-bond acceptors (Lipinski definition) is 0. The second kappa shape index (κ2) is 10.4. The Morgan fingerprint density at radius 2 is 2.06 bits per heavy atom. The van der Waals surface area contributed by atoms with Gasteiger partial charge in [-0.3, -0.25) is 0 Å². The number of unbranched alkanes of at least 4 members (excludes halogenated alkanes) is 1. The van der Waals surface area contributed by atoms with Crippen molar-refractivity contribution in [3.8, 4) is 0 Å². The SMILES string of the molecule is CCCCC1=CC[C-]=C1C1=CC=CC1.[Cl-].[Cl-].[Zr+3]. The zero-order chi connectivity index (χ0) is 9.80. The molecule has 0 saturated carbocycles. The molecule has 0 nitrogen and oxygen atoms in total. The molecule has 1 radical (unpaired) electrons. The van der Waals surface area contributed by atoms with Gasteiger partial charge >= 0.3 is 26.2 Å². The fraction of sp³-hybridized carbons (Fsp3) is 0.429. The van der Waals surface area contributed by atoms with E-state index in [2.05, 4.69) is 37.3 Å². The molecule has 2 aliphatic carbocycles. The second-order valence-corrected chi connectivity index (χ2v) is 3.91. The van der Waals surface area contributed by atoms with Crippen LogP contribution in [0, 0.1) is 6.08 Å². The third kappa shape index (κ3) is 5.29. The summed E-state index contributed by atoms with van der Waals surface area (Å²) in [6.45, 7) is 2.25. The first-order chi connectivity index (χ1) is 6.92. The Morgan fingerprint density at radius 3 is 2.65 bits per heavy atom. The summed E-state index contributed by atoms with van der Waals surface area (Å²) in [7, 11) is 0. The van der Waals surface area contributed by atoms with Gasteiger partial charge in [0.05, 0.1) is 0 Å². The molecule has 0 spiro atoms. The molecule has 0 saturated heterocycles. The van der Waals surface area contributed by atoms with Gasteiger partial charge in [-0.05, 0) is 0 Å². The molecule has 2 rings (SSSR count). The van der Waals surface area contributed by atoms with Crippen LogP contribution in [0.2, 0.25) is 0 Å². The van der Waals surface area contributed by atoms with Crippen LogP contribution in [0.5, 0.6) is 0 Å². The predicted octanol–water partition coefficient (Wildman–Crippen LogP) is -1.87. The summed E-state index contributed by atoms with van der Waals surface area (Å²) in [5, 5.41) is 0. The van der Waals surface area contributed by atoms with Crippen molar-refractivity contribution in [3.63, 3.8) is 0 Å². The molecule has 0 amide bonds. The number of rotatable bonds is 4. The van der Waals surface area contributed by atoms with Crippen molar-refractivity contribution in [1.29, 1.82) is 0 Å². The molecule has 0 fully saturated rings. The van der Waals surface area contributed by atoms with Gasteiger partial charge < -0.3 is 24.8 Å². The van der Waals surface area contributed by atoms with Gasteiger partial charge in [0, 0.05) is 0 Å². The largest absolute Gasteiger partial charge is 3.00 e. The van der Waals surface area contributed by atoms with Crippen LogP contribution < -0.4 is 24.8 Å². The van der Waals surface area contributed by atoms with E-state index in [-0.39, 0.29) is 51.0 Å². The average Bonchev–Trinajstić information content (AvgIpc) is 2.84. The Hall–Kier alpha value is 0.423. The van der Waals surface area contributed by atoms with E-state index in [0.717, 1.165) is 12.8 Å². The Kier molecular flexibility index (Phi) is 12.0. The van der Waals surface area contributed by atoms with Gasteiger partial charge in [-0.15, -0.1) is 17.7 Å². The first-order valence-corrected chi connectivity index (χ1v) is 5.58. The topological polar surface area (TPSA) is 0 Å². The van der Waals surface area contributed by atoms with E-state index in [1.54, 1.807) is 0 Å². The van der Waals surface area contributed by atoms with Crippen LogP contribution in [-0.2, 0) is 26.2 Å². The second-order valence-electron chi connectivity index (χ2n) is 3.91. The third-order valence-electron chi connectivity index (χ3n) is 2.84. The van der Waals surface area contributed by atoms with Gasteiger partial charge in [-0.2, -0.15) is 17.2 Å². The molecule has 0 N–H and O–H groups in total. The van der Waals surface area contributed by atoms with Gasteiger partial charge in [0.1, 0.15) is 0 Å². The van der Waals surface area contributed by atoms with E-state index in [9.17, 15) is 0 Å². The average molecular weight is 347 g/mol. The van der Waals surface area contributed by atoms with Crippen LogP contribution in [0.4, 0.5) is 0 Å². The molecule has 0 aromatic carbocycles. The van der Waals surface area contributed by atoms with Crippen LogP contribution in [-0.4, -0.2) is 0 Å². The molecule has 0 aromatic rings. The van der Waals surface area contributed by atoms with Crippen molar-refractivity contribution in [3.05, 3.63) is 47.1 Å². The number of hydrogen-bond donors (Lipinski definition) is 0. The fourth-order valence-electron chi connectivity index (χ4n) is 2.04. The van der Waals surface area contributed by atoms with Gasteiger partial charge in [-0.1, -0.05) is 51.2 Å². The normalized spacial score (nSPS) is 16.2. The van der Waals surface area contributed by atoms with Crippen molar-refractivity contribution in [2.24, 2.45) is 0 Å². The molecule has 0 heterocycles. The van der Waals surface area contributed by atoms with Gasteiger partial charge in [-0.25, -0.2) is 0 Å². The Balaban J connectivity index is 0. The molecule has 91 valence electrons. The molecule has 17 heavy (non-hydrogen) atoms. The van der Waals surface area contributed by atoms with E-state index in [4.69, 9.17) is 0 Å². The molecular formula is C14H17Cl2Zr. The van der Waals surface area contributed by atoms with Crippen LogP contribution >= 0.6 is 0 Å². The van der Waals surface area contributed by atoms with E-state index >= 15 is 0 Å². The molecule has 0 atom stereocenters. The van der Waals surface area contributed by atoms with Gasteiger partial charge in [0.25, 0.3) is 0 Å². The molecular weight excluding hydrogens is 330 g/mol. The molecule has 0 bridgehead atoms. The fourth-order valence-corrected chi connectivity index (χ4v) is 2.04. The zero-order valence-electron chi connectivity index (χ0n) is 10.1. The zero-order valence-corrected chi connectivity index (χ0v) is 14.1. The van der Waals surface area contributed by atoms with Crippen LogP contribution in [0.15, 0.2) is 41.0 Å². The van der Waals surface area contributed by atoms with E-state index in [1.807, 2.05) is 0 Å². The summed E-state index contributed by atoms with van der Waals surface area (Å²) in [5.74, 6) is 0. The quantitative estimate of drug-likeness (QED) is 0.523. The summed E-state index contributed by atoms with van der Waals surface area (Å²) >= 11 is 0. The van der Waals surface area contributed by atoms with Crippen molar-refractivity contribution in [2.75, 3.05) is 0 Å². The summed E-state index contributed by atoms with van der Waals surface area (Å²) in [5.41, 5.74) is 4.40. The van der Waals surface area contributed by atoms with Crippen molar-refractivity contribution < 1.29 is 51.0 Å². The van der Waals surface area contributed by atoms with E-state index in [1.165, 1.54) is 36.0 Å². The van der Waals surface area contributed by atoms with Gasteiger partial charge in [0.15, 0.2) is 0 Å². The minimum Gasteiger partial charge on any atom is -1.00 e. The number of allylic oxidation sites excluding steroid dienone is 8. The maximum absolute atomic E-state index is 3.47. The summed E-state index contributed by atoms with van der Waals surface area (Å²) < 4.78 is 0. The molecule has 0 aromatic heterocycles. The maximum Gasteiger partial charge on any atom is 3.00 e. The third-order valence-corrected chi connectivity index (χ3v) is 2.84. The summed E-state index contributed by atoms with van der Waals surface area (Å²) in [4.78, 5) is 0. The standard InChI is InChI=1S/C14H17.2ClH.Zr/c1-2-3-7-12-10-6-11-14(12)13-8-4-5-9-13;;;/h4-5,8,10H,2-3,6-7,9H2,1H3;2*1H;/q-1;;;+3/p-2. The van der Waals surface area contributed by atoms with Gasteiger partial charge in [0.2, 0.25) is 0 Å². The molecule has 0 aliphatic heterocycles. The van der Waals surface area contributed by atoms with E-state index in [0.29, 0.717) is 0 Å². The first-order valence-electron chi connectivity index (χ1n) is 5.58. The maximum atomic E-state index is 3.47. The Labute approximate surface area is 136 Å². The summed E-state index contributed by atoms with van der Waals surface area (Å²) in [6, 6.07) is 0. The monoisotopic (exact) mass is 345 g/mol. The van der Waals surface area contributed by atoms with Crippen molar-refractivity contribution in [2.45, 2.75) is 39.0 Å². The Bertz CT molecular complexity index is 338. The van der Waals surface area contributed by atoms with Crippen molar-refractivity contribution in [1.82, 2.24) is 0 Å². The minimum atomic E-state index is 0. The van der Waals surface area contributed by atoms with E-state index < -0.39 is 0 Å². The summed E-state index contributed by atoms with van der Waals surface area (Å²) in [6.07, 6.45) is 18.4. The molecule has 3 heteroatoms. The first kappa shape index (κ1) is 19.8. The predicted molar refractivity (Wildman–Crippen MR) is 60.8 cm³/mol. The van der Waals surface area contributed by atoms with Crippen LogP contribution in [0.3, 0.4) is 0 Å².